The van der Waals surface area contributed by atoms with Crippen LogP contribution in [0.15, 0.2) is 12.1 Å². The van der Waals surface area contributed by atoms with Gasteiger partial charge < -0.3 is 15.3 Å². The van der Waals surface area contributed by atoms with Crippen LogP contribution >= 0.6 is 23.2 Å². The Kier molecular flexibility index (Phi) is 5.04. The minimum absolute atomic E-state index is 0.0346. The van der Waals surface area contributed by atoms with Gasteiger partial charge in [-0.3, -0.25) is 0 Å². The Morgan fingerprint density at radius 2 is 1.95 bits per heavy atom. The van der Waals surface area contributed by atoms with E-state index >= 15 is 0 Å². The molecular weight excluding hydrogens is 291 g/mol. The number of carboxylic acids is 1. The summed E-state index contributed by atoms with van der Waals surface area (Å²) in [6.45, 7) is 0.119. The third-order valence-corrected chi connectivity index (χ3v) is 2.79. The number of hydrogen-bond donors (Lipinski definition) is 2. The topological polar surface area (TPSA) is 69.6 Å². The van der Waals surface area contributed by atoms with Gasteiger partial charge in [-0.05, 0) is 12.1 Å². The molecular formula is C12H10Cl2N2O3. The predicted octanol–water partition coefficient (Wildman–Crippen LogP) is 2.79. The highest BCUT2D eigenvalue weighted by Gasteiger charge is 2.15. The van der Waals surface area contributed by atoms with Gasteiger partial charge in [-0.2, -0.15) is 0 Å². The van der Waals surface area contributed by atoms with Crippen LogP contribution in [-0.4, -0.2) is 35.6 Å². The van der Waals surface area contributed by atoms with E-state index in [2.05, 4.69) is 11.2 Å². The van der Waals surface area contributed by atoms with E-state index in [9.17, 15) is 9.59 Å². The third-order valence-electron chi connectivity index (χ3n) is 2.20. The Hall–Kier alpha value is -1.90. The molecule has 0 aliphatic carbocycles. The molecule has 19 heavy (non-hydrogen) atoms. The number of terminal acetylenes is 1. The number of anilines is 1. The Morgan fingerprint density at radius 3 is 2.37 bits per heavy atom. The molecule has 7 heteroatoms. The SMILES string of the molecule is C#CCN(C)C(=O)Nc1c(Cl)cc(C(=O)O)cc1Cl. The molecule has 0 bridgehead atoms. The number of hydrogen-bond acceptors (Lipinski definition) is 2. The molecule has 0 saturated carbocycles. The Labute approximate surface area is 120 Å². The molecule has 0 unspecified atom stereocenters. The summed E-state index contributed by atoms with van der Waals surface area (Å²) in [6.07, 6.45) is 5.08. The number of aromatic carboxylic acids is 1. The molecule has 1 aromatic rings. The highest BCUT2D eigenvalue weighted by molar-refractivity contribution is 6.40. The second-order valence-corrected chi connectivity index (χ2v) is 4.42. The van der Waals surface area contributed by atoms with E-state index in [0.29, 0.717) is 0 Å². The van der Waals surface area contributed by atoms with Crippen molar-refractivity contribution in [2.75, 3.05) is 18.9 Å². The average molecular weight is 301 g/mol. The summed E-state index contributed by atoms with van der Waals surface area (Å²) < 4.78 is 0. The van der Waals surface area contributed by atoms with E-state index in [1.54, 1.807) is 0 Å². The van der Waals surface area contributed by atoms with Crippen LogP contribution < -0.4 is 5.32 Å². The molecule has 0 saturated heterocycles. The van der Waals surface area contributed by atoms with Gasteiger partial charge in [-0.15, -0.1) is 6.42 Å². The first-order chi connectivity index (χ1) is 8.86. The molecule has 0 radical (unpaired) electrons. The molecule has 0 atom stereocenters. The normalized spacial score (nSPS) is 9.58. The highest BCUT2D eigenvalue weighted by Crippen LogP contribution is 2.32. The zero-order chi connectivity index (χ0) is 14.6. The lowest BCUT2D eigenvalue weighted by Gasteiger charge is -2.16. The maximum Gasteiger partial charge on any atom is 0.335 e. The molecule has 1 aromatic carbocycles. The lowest BCUT2D eigenvalue weighted by Crippen LogP contribution is -2.31. The first-order valence-corrected chi connectivity index (χ1v) is 5.80. The Bertz CT molecular complexity index is 544. The van der Waals surface area contributed by atoms with Gasteiger partial charge in [0.25, 0.3) is 0 Å². The van der Waals surface area contributed by atoms with Gasteiger partial charge in [0.1, 0.15) is 0 Å². The zero-order valence-corrected chi connectivity index (χ0v) is 11.4. The standard InChI is InChI=1S/C12H10Cl2N2O3/c1-3-4-16(2)12(19)15-10-8(13)5-7(11(17)18)6-9(10)14/h1,5-6H,4H2,2H3,(H,15,19)(H,17,18). The van der Waals surface area contributed by atoms with Crippen LogP contribution in [0.3, 0.4) is 0 Å². The molecule has 2 N–H and O–H groups in total. The van der Waals surface area contributed by atoms with Gasteiger partial charge in [-0.25, -0.2) is 9.59 Å². The van der Waals surface area contributed by atoms with E-state index in [4.69, 9.17) is 34.7 Å². The van der Waals surface area contributed by atoms with Crippen LogP contribution in [-0.2, 0) is 0 Å². The summed E-state index contributed by atoms with van der Waals surface area (Å²) in [5.74, 6) is 1.15. The number of carboxylic acid groups (broad SMARTS) is 1. The van der Waals surface area contributed by atoms with E-state index in [-0.39, 0.29) is 27.8 Å². The van der Waals surface area contributed by atoms with Crippen molar-refractivity contribution in [2.24, 2.45) is 0 Å². The first kappa shape index (κ1) is 15.2. The fraction of sp³-hybridized carbons (Fsp3) is 0.167. The number of carbonyl (C=O) groups excluding carboxylic acids is 1. The first-order valence-electron chi connectivity index (χ1n) is 5.04. The Balaban J connectivity index is 3.00. The molecule has 0 heterocycles. The molecule has 0 spiro atoms. The second kappa shape index (κ2) is 6.32. The highest BCUT2D eigenvalue weighted by atomic mass is 35.5. The summed E-state index contributed by atoms with van der Waals surface area (Å²) in [4.78, 5) is 23.8. The maximum atomic E-state index is 11.7. The van der Waals surface area contributed by atoms with Crippen molar-refractivity contribution in [3.63, 3.8) is 0 Å². The average Bonchev–Trinajstić information content (AvgIpc) is 2.33. The summed E-state index contributed by atoms with van der Waals surface area (Å²) in [5, 5.41) is 11.4. The summed E-state index contributed by atoms with van der Waals surface area (Å²) >= 11 is 11.8. The number of amides is 2. The largest absolute Gasteiger partial charge is 0.478 e. The second-order valence-electron chi connectivity index (χ2n) is 3.61. The van der Waals surface area contributed by atoms with E-state index < -0.39 is 12.0 Å². The molecule has 0 aliphatic heterocycles. The molecule has 1 rings (SSSR count). The molecule has 2 amide bonds. The van der Waals surface area contributed by atoms with Crippen molar-refractivity contribution in [3.8, 4) is 12.3 Å². The number of benzene rings is 1. The third kappa shape index (κ3) is 3.78. The van der Waals surface area contributed by atoms with Crippen molar-refractivity contribution in [3.05, 3.63) is 27.7 Å². The van der Waals surface area contributed by atoms with Crippen LogP contribution in [0.4, 0.5) is 10.5 Å². The molecule has 5 nitrogen and oxygen atoms in total. The van der Waals surface area contributed by atoms with Gasteiger partial charge in [-0.1, -0.05) is 29.1 Å². The number of rotatable bonds is 3. The van der Waals surface area contributed by atoms with Crippen molar-refractivity contribution in [1.82, 2.24) is 4.90 Å². The van der Waals surface area contributed by atoms with Crippen LogP contribution in [0.2, 0.25) is 10.0 Å². The quantitative estimate of drug-likeness (QED) is 0.843. The summed E-state index contributed by atoms with van der Waals surface area (Å²) in [7, 11) is 1.50. The lowest BCUT2D eigenvalue weighted by molar-refractivity contribution is 0.0697. The van der Waals surface area contributed by atoms with Crippen LogP contribution in [0, 0.1) is 12.3 Å². The molecule has 0 fully saturated rings. The maximum absolute atomic E-state index is 11.7. The van der Waals surface area contributed by atoms with E-state index in [0.717, 1.165) is 0 Å². The number of nitrogens with one attached hydrogen (secondary N) is 1. The summed E-state index contributed by atoms with van der Waals surface area (Å²) in [5.41, 5.74) is 0.0761. The number of halogens is 2. The van der Waals surface area contributed by atoms with E-state index in [1.165, 1.54) is 24.1 Å². The van der Waals surface area contributed by atoms with Crippen molar-refractivity contribution in [2.45, 2.75) is 0 Å². The van der Waals surface area contributed by atoms with Gasteiger partial charge >= 0.3 is 12.0 Å². The van der Waals surface area contributed by atoms with Crippen LogP contribution in [0.25, 0.3) is 0 Å². The van der Waals surface area contributed by atoms with Gasteiger partial charge in [0.2, 0.25) is 0 Å². The molecule has 100 valence electrons. The van der Waals surface area contributed by atoms with Crippen molar-refractivity contribution < 1.29 is 14.7 Å². The van der Waals surface area contributed by atoms with Gasteiger partial charge in [0.15, 0.2) is 0 Å². The van der Waals surface area contributed by atoms with Crippen molar-refractivity contribution >= 4 is 40.9 Å². The van der Waals surface area contributed by atoms with Crippen LogP contribution in [0.5, 0.6) is 0 Å². The van der Waals surface area contributed by atoms with Gasteiger partial charge in [0, 0.05) is 7.05 Å². The fourth-order valence-corrected chi connectivity index (χ4v) is 1.81. The smallest absolute Gasteiger partial charge is 0.335 e. The number of carbonyl (C=O) groups is 2. The van der Waals surface area contributed by atoms with Gasteiger partial charge in [0.05, 0.1) is 27.8 Å². The predicted molar refractivity (Wildman–Crippen MR) is 73.9 cm³/mol. The molecule has 0 aromatic heterocycles. The minimum Gasteiger partial charge on any atom is -0.478 e. The Morgan fingerprint density at radius 1 is 1.42 bits per heavy atom. The van der Waals surface area contributed by atoms with Crippen molar-refractivity contribution in [1.29, 1.82) is 0 Å². The minimum atomic E-state index is -1.16. The van der Waals surface area contributed by atoms with E-state index in [1.807, 2.05) is 0 Å². The number of nitrogens with zero attached hydrogens (tertiary/aromatic N) is 1. The zero-order valence-electron chi connectivity index (χ0n) is 9.91. The lowest BCUT2D eigenvalue weighted by atomic mass is 10.2. The molecule has 0 aliphatic rings. The summed E-state index contributed by atoms with van der Waals surface area (Å²) in [6, 6.07) is 1.91. The van der Waals surface area contributed by atoms with Crippen LogP contribution in [0.1, 0.15) is 10.4 Å². The fourth-order valence-electron chi connectivity index (χ4n) is 1.23. The number of urea groups is 1. The monoisotopic (exact) mass is 300 g/mol.